The van der Waals surface area contributed by atoms with Crippen molar-refractivity contribution in [2.75, 3.05) is 26.2 Å². The van der Waals surface area contributed by atoms with Crippen molar-refractivity contribution in [1.82, 2.24) is 19.8 Å². The van der Waals surface area contributed by atoms with Crippen molar-refractivity contribution in [3.8, 4) is 0 Å². The van der Waals surface area contributed by atoms with E-state index in [2.05, 4.69) is 14.9 Å². The van der Waals surface area contributed by atoms with Crippen LogP contribution < -0.4 is 0 Å². The normalized spacial score (nSPS) is 27.0. The van der Waals surface area contributed by atoms with Crippen LogP contribution in [0.4, 0.5) is 0 Å². The lowest BCUT2D eigenvalue weighted by molar-refractivity contribution is 0.0313. The topological polar surface area (TPSA) is 69.6 Å². The molecule has 2 atom stereocenters. The van der Waals surface area contributed by atoms with Crippen LogP contribution in [0.1, 0.15) is 35.4 Å². The number of piperazine rings is 1. The Morgan fingerprint density at radius 1 is 1.19 bits per heavy atom. The summed E-state index contributed by atoms with van der Waals surface area (Å²) in [5, 5.41) is 9.98. The van der Waals surface area contributed by atoms with Gasteiger partial charge >= 0.3 is 0 Å². The van der Waals surface area contributed by atoms with E-state index in [1.165, 1.54) is 0 Å². The summed E-state index contributed by atoms with van der Waals surface area (Å²) < 4.78 is 0. The summed E-state index contributed by atoms with van der Waals surface area (Å²) in [5.41, 5.74) is 1.22. The Bertz CT molecular complexity index is 497. The fourth-order valence-electron chi connectivity index (χ4n) is 3.27. The summed E-state index contributed by atoms with van der Waals surface area (Å²) in [6, 6.07) is 0.279. The van der Waals surface area contributed by atoms with Gasteiger partial charge in [0, 0.05) is 38.4 Å². The number of rotatable bonds is 2. The molecule has 1 saturated heterocycles. The molecular formula is C15H22N4O2. The van der Waals surface area contributed by atoms with Crippen molar-refractivity contribution >= 4 is 5.91 Å². The summed E-state index contributed by atoms with van der Waals surface area (Å²) >= 11 is 0. The summed E-state index contributed by atoms with van der Waals surface area (Å²) in [6.07, 6.45) is 6.05. The van der Waals surface area contributed by atoms with E-state index in [1.54, 1.807) is 12.4 Å². The van der Waals surface area contributed by atoms with E-state index < -0.39 is 0 Å². The first-order valence-electron chi connectivity index (χ1n) is 7.65. The van der Waals surface area contributed by atoms with Gasteiger partial charge in [-0.3, -0.25) is 14.7 Å². The van der Waals surface area contributed by atoms with E-state index in [0.29, 0.717) is 18.8 Å². The van der Waals surface area contributed by atoms with Gasteiger partial charge in [0.25, 0.3) is 5.91 Å². The van der Waals surface area contributed by atoms with Crippen molar-refractivity contribution < 1.29 is 9.90 Å². The summed E-state index contributed by atoms with van der Waals surface area (Å²) in [5.74, 6) is -0.0471. The van der Waals surface area contributed by atoms with E-state index in [-0.39, 0.29) is 18.1 Å². The van der Waals surface area contributed by atoms with Crippen LogP contribution in [-0.2, 0) is 0 Å². The van der Waals surface area contributed by atoms with Crippen LogP contribution in [-0.4, -0.2) is 69.1 Å². The molecule has 1 amide bonds. The highest BCUT2D eigenvalue weighted by atomic mass is 16.3. The van der Waals surface area contributed by atoms with Gasteiger partial charge in [0.15, 0.2) is 0 Å². The second-order valence-corrected chi connectivity index (χ2v) is 5.94. The first-order chi connectivity index (χ1) is 10.1. The Morgan fingerprint density at radius 2 is 1.95 bits per heavy atom. The van der Waals surface area contributed by atoms with Gasteiger partial charge in [-0.05, 0) is 26.2 Å². The molecule has 1 saturated carbocycles. The quantitative estimate of drug-likeness (QED) is 0.857. The third-order valence-electron chi connectivity index (χ3n) is 4.51. The molecule has 21 heavy (non-hydrogen) atoms. The van der Waals surface area contributed by atoms with Crippen molar-refractivity contribution in [2.24, 2.45) is 0 Å². The highest BCUT2D eigenvalue weighted by molar-refractivity contribution is 5.92. The van der Waals surface area contributed by atoms with E-state index in [1.807, 2.05) is 11.8 Å². The zero-order valence-electron chi connectivity index (χ0n) is 12.4. The average Bonchev–Trinajstić information content (AvgIpc) is 2.94. The Balaban J connectivity index is 1.58. The molecule has 1 aliphatic carbocycles. The van der Waals surface area contributed by atoms with Gasteiger partial charge in [-0.2, -0.15) is 0 Å². The highest BCUT2D eigenvalue weighted by Crippen LogP contribution is 2.25. The van der Waals surface area contributed by atoms with Crippen LogP contribution in [0, 0.1) is 6.92 Å². The number of aryl methyl sites for hydroxylation is 1. The second-order valence-electron chi connectivity index (χ2n) is 5.94. The largest absolute Gasteiger partial charge is 0.391 e. The number of amides is 1. The molecule has 0 radical (unpaired) electrons. The molecule has 2 heterocycles. The van der Waals surface area contributed by atoms with E-state index >= 15 is 0 Å². The fourth-order valence-corrected chi connectivity index (χ4v) is 3.27. The average molecular weight is 290 g/mol. The SMILES string of the molecule is Cc1cnc(C(=O)N2CCN([C@H]3CCC[C@H]3O)CC2)cn1. The molecule has 1 N–H and O–H groups in total. The number of aromatic nitrogens is 2. The number of aliphatic hydroxyl groups is 1. The minimum Gasteiger partial charge on any atom is -0.391 e. The molecule has 1 aromatic rings. The summed E-state index contributed by atoms with van der Waals surface area (Å²) in [7, 11) is 0. The fraction of sp³-hybridized carbons (Fsp3) is 0.667. The molecule has 6 heteroatoms. The van der Waals surface area contributed by atoms with Crippen LogP contribution >= 0.6 is 0 Å². The minimum atomic E-state index is -0.199. The Labute approximate surface area is 124 Å². The number of aliphatic hydroxyl groups excluding tert-OH is 1. The highest BCUT2D eigenvalue weighted by Gasteiger charge is 2.33. The van der Waals surface area contributed by atoms with Gasteiger partial charge < -0.3 is 10.0 Å². The van der Waals surface area contributed by atoms with Crippen molar-refractivity contribution in [2.45, 2.75) is 38.3 Å². The predicted molar refractivity (Wildman–Crippen MR) is 77.9 cm³/mol. The maximum Gasteiger partial charge on any atom is 0.274 e. The maximum atomic E-state index is 12.4. The molecule has 3 rings (SSSR count). The summed E-state index contributed by atoms with van der Waals surface area (Å²) in [4.78, 5) is 24.8. The molecule has 0 bridgehead atoms. The number of nitrogens with zero attached hydrogens (tertiary/aromatic N) is 4. The zero-order chi connectivity index (χ0) is 14.8. The van der Waals surface area contributed by atoms with Crippen molar-refractivity contribution in [3.05, 3.63) is 23.8 Å². The number of carbonyl (C=O) groups excluding carboxylic acids is 1. The molecule has 6 nitrogen and oxygen atoms in total. The van der Waals surface area contributed by atoms with Crippen LogP contribution in [0.2, 0.25) is 0 Å². The lowest BCUT2D eigenvalue weighted by atomic mass is 10.1. The third-order valence-corrected chi connectivity index (χ3v) is 4.51. The standard InChI is InChI=1S/C15H22N4O2/c1-11-9-17-12(10-16-11)15(21)19-7-5-18(6-8-19)13-3-2-4-14(13)20/h9-10,13-14,20H,2-8H2,1H3/t13-,14+/m0/s1. The first-order valence-corrected chi connectivity index (χ1v) is 7.65. The molecule has 0 aromatic carbocycles. The van der Waals surface area contributed by atoms with Crippen LogP contribution in [0.5, 0.6) is 0 Å². The molecule has 2 fully saturated rings. The molecular weight excluding hydrogens is 268 g/mol. The van der Waals surface area contributed by atoms with E-state index in [9.17, 15) is 9.90 Å². The van der Waals surface area contributed by atoms with Gasteiger partial charge in [0.2, 0.25) is 0 Å². The monoisotopic (exact) mass is 290 g/mol. The molecule has 0 spiro atoms. The minimum absolute atomic E-state index is 0.0471. The van der Waals surface area contributed by atoms with Gasteiger partial charge in [0.1, 0.15) is 5.69 Å². The molecule has 1 aromatic heterocycles. The maximum absolute atomic E-state index is 12.4. The van der Waals surface area contributed by atoms with Gasteiger partial charge in [0.05, 0.1) is 18.0 Å². The number of hydrogen-bond donors (Lipinski definition) is 1. The van der Waals surface area contributed by atoms with Gasteiger partial charge in [-0.1, -0.05) is 0 Å². The predicted octanol–water partition coefficient (Wildman–Crippen LogP) is 0.456. The van der Waals surface area contributed by atoms with Crippen LogP contribution in [0.25, 0.3) is 0 Å². The summed E-state index contributed by atoms with van der Waals surface area (Å²) in [6.45, 7) is 4.89. The van der Waals surface area contributed by atoms with Crippen molar-refractivity contribution in [3.63, 3.8) is 0 Å². The first kappa shape index (κ1) is 14.4. The number of carbonyl (C=O) groups is 1. The zero-order valence-corrected chi connectivity index (χ0v) is 12.4. The van der Waals surface area contributed by atoms with E-state index in [4.69, 9.17) is 0 Å². The van der Waals surface area contributed by atoms with Crippen LogP contribution in [0.3, 0.4) is 0 Å². The smallest absolute Gasteiger partial charge is 0.274 e. The Morgan fingerprint density at radius 3 is 2.52 bits per heavy atom. The molecule has 2 aliphatic rings. The molecule has 114 valence electrons. The molecule has 0 unspecified atom stereocenters. The third kappa shape index (κ3) is 3.06. The Kier molecular flexibility index (Phi) is 4.17. The number of hydrogen-bond acceptors (Lipinski definition) is 5. The van der Waals surface area contributed by atoms with Crippen LogP contribution in [0.15, 0.2) is 12.4 Å². The van der Waals surface area contributed by atoms with Gasteiger partial charge in [-0.15, -0.1) is 0 Å². The second kappa shape index (κ2) is 6.07. The molecule has 1 aliphatic heterocycles. The lowest BCUT2D eigenvalue weighted by Crippen LogP contribution is -2.53. The Hall–Kier alpha value is -1.53. The van der Waals surface area contributed by atoms with Gasteiger partial charge in [-0.25, -0.2) is 4.98 Å². The van der Waals surface area contributed by atoms with E-state index in [0.717, 1.165) is 38.0 Å². The lowest BCUT2D eigenvalue weighted by Gasteiger charge is -2.38. The van der Waals surface area contributed by atoms with Crippen molar-refractivity contribution in [1.29, 1.82) is 0 Å².